The molecule has 5 heteroatoms. The Bertz CT molecular complexity index is 463. The molecular formula is C14H20Cl2N2O. The predicted octanol–water partition coefficient (Wildman–Crippen LogP) is 4.08. The van der Waals surface area contributed by atoms with Crippen LogP contribution in [0, 0.1) is 5.92 Å². The van der Waals surface area contributed by atoms with Crippen molar-refractivity contribution in [3.63, 3.8) is 0 Å². The van der Waals surface area contributed by atoms with Gasteiger partial charge in [-0.25, -0.2) is 0 Å². The van der Waals surface area contributed by atoms with Crippen molar-refractivity contribution in [3.8, 4) is 0 Å². The standard InChI is InChI=1S/C14H20Cl2N2O/c1-4-9(3)8-18(5-2)14(19)11-6-10(17)7-12(15)13(11)16/h6-7,9H,4-5,8,17H2,1-3H3. The summed E-state index contributed by atoms with van der Waals surface area (Å²) in [5.74, 6) is 0.321. The van der Waals surface area contributed by atoms with E-state index in [1.165, 1.54) is 0 Å². The molecule has 2 N–H and O–H groups in total. The molecule has 0 saturated carbocycles. The lowest BCUT2D eigenvalue weighted by Gasteiger charge is -2.24. The number of carbonyl (C=O) groups is 1. The van der Waals surface area contributed by atoms with Crippen molar-refractivity contribution in [1.82, 2.24) is 4.90 Å². The van der Waals surface area contributed by atoms with Gasteiger partial charge in [0.15, 0.2) is 0 Å². The van der Waals surface area contributed by atoms with Gasteiger partial charge in [-0.2, -0.15) is 0 Å². The highest BCUT2D eigenvalue weighted by molar-refractivity contribution is 6.44. The summed E-state index contributed by atoms with van der Waals surface area (Å²) < 4.78 is 0. The Balaban J connectivity index is 3.04. The molecule has 0 bridgehead atoms. The minimum absolute atomic E-state index is 0.123. The van der Waals surface area contributed by atoms with Crippen LogP contribution in [-0.2, 0) is 0 Å². The second-order valence-electron chi connectivity index (χ2n) is 4.72. The zero-order valence-electron chi connectivity index (χ0n) is 11.5. The van der Waals surface area contributed by atoms with Gasteiger partial charge in [0.25, 0.3) is 5.91 Å². The van der Waals surface area contributed by atoms with E-state index in [9.17, 15) is 4.79 Å². The Kier molecular flexibility index (Phi) is 5.95. The van der Waals surface area contributed by atoms with Crippen molar-refractivity contribution < 1.29 is 4.79 Å². The molecular weight excluding hydrogens is 283 g/mol. The smallest absolute Gasteiger partial charge is 0.255 e. The van der Waals surface area contributed by atoms with Crippen molar-refractivity contribution in [3.05, 3.63) is 27.7 Å². The van der Waals surface area contributed by atoms with Crippen molar-refractivity contribution >= 4 is 34.8 Å². The zero-order chi connectivity index (χ0) is 14.6. The predicted molar refractivity (Wildman–Crippen MR) is 81.9 cm³/mol. The lowest BCUT2D eigenvalue weighted by molar-refractivity contribution is 0.0741. The average molecular weight is 303 g/mol. The van der Waals surface area contributed by atoms with Crippen LogP contribution in [0.4, 0.5) is 5.69 Å². The maximum atomic E-state index is 12.5. The van der Waals surface area contributed by atoms with E-state index in [-0.39, 0.29) is 10.9 Å². The van der Waals surface area contributed by atoms with Gasteiger partial charge in [0.05, 0.1) is 15.6 Å². The summed E-state index contributed by atoms with van der Waals surface area (Å²) in [5.41, 5.74) is 6.54. The Morgan fingerprint density at radius 3 is 2.53 bits per heavy atom. The molecule has 1 rings (SSSR count). The molecule has 0 fully saturated rings. The monoisotopic (exact) mass is 302 g/mol. The first kappa shape index (κ1) is 16.1. The number of carbonyl (C=O) groups excluding carboxylic acids is 1. The summed E-state index contributed by atoms with van der Waals surface area (Å²) >= 11 is 12.1. The number of hydrogen-bond donors (Lipinski definition) is 1. The van der Waals surface area contributed by atoms with Crippen LogP contribution < -0.4 is 5.73 Å². The lowest BCUT2D eigenvalue weighted by Crippen LogP contribution is -2.34. The molecule has 1 unspecified atom stereocenters. The molecule has 0 saturated heterocycles. The number of halogens is 2. The average Bonchev–Trinajstić information content (AvgIpc) is 2.38. The van der Waals surface area contributed by atoms with Crippen LogP contribution >= 0.6 is 23.2 Å². The molecule has 0 spiro atoms. The molecule has 0 aliphatic heterocycles. The maximum Gasteiger partial charge on any atom is 0.255 e. The fourth-order valence-electron chi connectivity index (χ4n) is 1.80. The first-order valence-electron chi connectivity index (χ1n) is 6.44. The van der Waals surface area contributed by atoms with Gasteiger partial charge in [-0.15, -0.1) is 0 Å². The molecule has 3 nitrogen and oxygen atoms in total. The summed E-state index contributed by atoms with van der Waals surface area (Å²) in [5, 5.41) is 0.577. The molecule has 0 aliphatic rings. The minimum Gasteiger partial charge on any atom is -0.399 e. The number of benzene rings is 1. The van der Waals surface area contributed by atoms with Gasteiger partial charge in [-0.3, -0.25) is 4.79 Å². The van der Waals surface area contributed by atoms with Crippen LogP contribution in [0.5, 0.6) is 0 Å². The van der Waals surface area contributed by atoms with Gasteiger partial charge in [0.1, 0.15) is 0 Å². The topological polar surface area (TPSA) is 46.3 Å². The highest BCUT2D eigenvalue weighted by atomic mass is 35.5. The summed E-state index contributed by atoms with van der Waals surface area (Å²) in [6.07, 6.45) is 1.02. The number of nitrogens with two attached hydrogens (primary N) is 1. The number of rotatable bonds is 5. The van der Waals surface area contributed by atoms with E-state index < -0.39 is 0 Å². The number of nitrogens with zero attached hydrogens (tertiary/aromatic N) is 1. The van der Waals surface area contributed by atoms with E-state index in [1.807, 2.05) is 6.92 Å². The molecule has 19 heavy (non-hydrogen) atoms. The third-order valence-corrected chi connectivity index (χ3v) is 3.98. The lowest BCUT2D eigenvalue weighted by atomic mass is 10.1. The van der Waals surface area contributed by atoms with Gasteiger partial charge in [-0.05, 0) is 25.0 Å². The molecule has 1 amide bonds. The first-order chi connectivity index (χ1) is 8.90. The zero-order valence-corrected chi connectivity index (χ0v) is 13.1. The van der Waals surface area contributed by atoms with Gasteiger partial charge in [0, 0.05) is 18.8 Å². The Morgan fingerprint density at radius 2 is 2.00 bits per heavy atom. The molecule has 0 radical (unpaired) electrons. The SMILES string of the molecule is CCC(C)CN(CC)C(=O)c1cc(N)cc(Cl)c1Cl. The molecule has 0 aromatic heterocycles. The van der Waals surface area contributed by atoms with Crippen LogP contribution in [0.15, 0.2) is 12.1 Å². The van der Waals surface area contributed by atoms with E-state index in [0.717, 1.165) is 6.42 Å². The van der Waals surface area contributed by atoms with Crippen molar-refractivity contribution in [2.75, 3.05) is 18.8 Å². The summed E-state index contributed by atoms with van der Waals surface area (Å²) in [6, 6.07) is 3.13. The van der Waals surface area contributed by atoms with Crippen molar-refractivity contribution in [2.24, 2.45) is 5.92 Å². The van der Waals surface area contributed by atoms with Crippen LogP contribution in [0.3, 0.4) is 0 Å². The first-order valence-corrected chi connectivity index (χ1v) is 7.20. The van der Waals surface area contributed by atoms with Crippen molar-refractivity contribution in [1.29, 1.82) is 0 Å². The Hall–Kier alpha value is -0.930. The minimum atomic E-state index is -0.123. The molecule has 106 valence electrons. The fourth-order valence-corrected chi connectivity index (χ4v) is 2.21. The van der Waals surface area contributed by atoms with E-state index in [1.54, 1.807) is 17.0 Å². The second-order valence-corrected chi connectivity index (χ2v) is 5.51. The third kappa shape index (κ3) is 4.02. The van der Waals surface area contributed by atoms with Gasteiger partial charge >= 0.3 is 0 Å². The highest BCUT2D eigenvalue weighted by Crippen LogP contribution is 2.29. The van der Waals surface area contributed by atoms with E-state index in [2.05, 4.69) is 13.8 Å². The van der Waals surface area contributed by atoms with Crippen LogP contribution in [0.2, 0.25) is 10.0 Å². The largest absolute Gasteiger partial charge is 0.399 e. The summed E-state index contributed by atoms with van der Waals surface area (Å²) in [7, 11) is 0. The highest BCUT2D eigenvalue weighted by Gasteiger charge is 2.20. The van der Waals surface area contributed by atoms with Crippen LogP contribution in [-0.4, -0.2) is 23.9 Å². The molecule has 1 atom stereocenters. The number of nitrogen functional groups attached to an aromatic ring is 1. The van der Waals surface area contributed by atoms with E-state index in [4.69, 9.17) is 28.9 Å². The number of hydrogen-bond acceptors (Lipinski definition) is 2. The summed E-state index contributed by atoms with van der Waals surface area (Å²) in [4.78, 5) is 14.2. The Morgan fingerprint density at radius 1 is 1.37 bits per heavy atom. The number of anilines is 1. The Labute approximate surface area is 124 Å². The molecule has 1 aromatic rings. The molecule has 0 aliphatic carbocycles. The third-order valence-electron chi connectivity index (χ3n) is 3.18. The normalized spacial score (nSPS) is 12.3. The van der Waals surface area contributed by atoms with E-state index >= 15 is 0 Å². The van der Waals surface area contributed by atoms with Gasteiger partial charge in [0.2, 0.25) is 0 Å². The maximum absolute atomic E-state index is 12.5. The van der Waals surface area contributed by atoms with Gasteiger partial charge in [-0.1, -0.05) is 43.5 Å². The summed E-state index contributed by atoms with van der Waals surface area (Å²) in [6.45, 7) is 7.50. The fraction of sp³-hybridized carbons (Fsp3) is 0.500. The van der Waals surface area contributed by atoms with E-state index in [0.29, 0.717) is 35.3 Å². The van der Waals surface area contributed by atoms with Crippen LogP contribution in [0.25, 0.3) is 0 Å². The molecule has 1 aromatic carbocycles. The molecule has 0 heterocycles. The van der Waals surface area contributed by atoms with Gasteiger partial charge < -0.3 is 10.6 Å². The van der Waals surface area contributed by atoms with Crippen molar-refractivity contribution in [2.45, 2.75) is 27.2 Å². The number of amides is 1. The second kappa shape index (κ2) is 7.01. The van der Waals surface area contributed by atoms with Crippen LogP contribution in [0.1, 0.15) is 37.6 Å². The quantitative estimate of drug-likeness (QED) is 0.833.